The van der Waals surface area contributed by atoms with Crippen LogP contribution < -0.4 is 21.1 Å². The van der Waals surface area contributed by atoms with E-state index >= 15 is 0 Å². The maximum absolute atomic E-state index is 12.0. The van der Waals surface area contributed by atoms with Gasteiger partial charge in [-0.2, -0.15) is 9.97 Å². The number of hydrogen-bond donors (Lipinski definition) is 4. The molecule has 38 heavy (non-hydrogen) atoms. The first-order valence-electron chi connectivity index (χ1n) is 12.5. The van der Waals surface area contributed by atoms with Gasteiger partial charge in [-0.3, -0.25) is 9.59 Å². The monoisotopic (exact) mass is 514 g/mol. The first-order valence-corrected chi connectivity index (χ1v) is 12.5. The Labute approximate surface area is 220 Å². The van der Waals surface area contributed by atoms with Crippen LogP contribution in [0.5, 0.6) is 5.88 Å². The van der Waals surface area contributed by atoms with Gasteiger partial charge in [0.2, 0.25) is 17.7 Å². The van der Waals surface area contributed by atoms with Crippen LogP contribution in [0.25, 0.3) is 22.2 Å². The number of ether oxygens (including phenoxy) is 2. The SMILES string of the molecule is CNC(=O)c1ccc(-c2c[nH]c3nc(Nc4ccc(C(N)=O)cc4COC)nc(OC4CCCC4)c23)cc1. The molecule has 0 bridgehead atoms. The van der Waals surface area contributed by atoms with E-state index in [1.54, 1.807) is 44.5 Å². The zero-order chi connectivity index (χ0) is 26.6. The highest BCUT2D eigenvalue weighted by atomic mass is 16.5. The molecule has 0 saturated heterocycles. The summed E-state index contributed by atoms with van der Waals surface area (Å²) >= 11 is 0. The number of fused-ring (bicyclic) bond motifs is 1. The second-order valence-electron chi connectivity index (χ2n) is 9.25. The number of primary amides is 1. The van der Waals surface area contributed by atoms with Crippen LogP contribution in [0.2, 0.25) is 0 Å². The van der Waals surface area contributed by atoms with E-state index in [0.29, 0.717) is 34.3 Å². The number of hydrogen-bond acceptors (Lipinski definition) is 7. The standard InChI is InChI=1S/C28H30N6O4/c1-30-26(36)17-9-7-16(8-10-17)21-14-31-25-23(21)27(38-20-5-3-4-6-20)34-28(33-25)32-22-12-11-18(24(29)35)13-19(22)15-37-2/h7-14,20H,3-6,15H2,1-2H3,(H2,29,35)(H,30,36)(H2,31,32,33,34). The van der Waals surface area contributed by atoms with Crippen molar-refractivity contribution in [2.75, 3.05) is 19.5 Å². The second kappa shape index (κ2) is 10.9. The minimum Gasteiger partial charge on any atom is -0.474 e. The zero-order valence-electron chi connectivity index (χ0n) is 21.3. The van der Waals surface area contributed by atoms with Crippen molar-refractivity contribution in [2.24, 2.45) is 5.73 Å². The molecule has 0 spiro atoms. The van der Waals surface area contributed by atoms with Crippen molar-refractivity contribution in [3.05, 3.63) is 65.4 Å². The topological polar surface area (TPSA) is 144 Å². The first kappa shape index (κ1) is 25.2. The lowest BCUT2D eigenvalue weighted by atomic mass is 10.0. The number of benzene rings is 2. The summed E-state index contributed by atoms with van der Waals surface area (Å²) in [6, 6.07) is 12.5. The van der Waals surface area contributed by atoms with E-state index in [9.17, 15) is 9.59 Å². The van der Waals surface area contributed by atoms with E-state index in [1.807, 2.05) is 18.3 Å². The normalized spacial score (nSPS) is 13.5. The van der Waals surface area contributed by atoms with Crippen LogP contribution in [0.15, 0.2) is 48.7 Å². The first-order chi connectivity index (χ1) is 18.5. The lowest BCUT2D eigenvalue weighted by Gasteiger charge is -2.16. The van der Waals surface area contributed by atoms with Gasteiger partial charge in [0, 0.05) is 48.3 Å². The van der Waals surface area contributed by atoms with Gasteiger partial charge >= 0.3 is 0 Å². The fraction of sp³-hybridized carbons (Fsp3) is 0.286. The summed E-state index contributed by atoms with van der Waals surface area (Å²) in [7, 11) is 3.19. The van der Waals surface area contributed by atoms with Crippen molar-refractivity contribution in [2.45, 2.75) is 38.4 Å². The lowest BCUT2D eigenvalue weighted by molar-refractivity contribution is 0.0961. The number of aromatic amines is 1. The van der Waals surface area contributed by atoms with Gasteiger partial charge in [0.25, 0.3) is 5.91 Å². The number of nitrogens with zero attached hydrogens (tertiary/aromatic N) is 2. The van der Waals surface area contributed by atoms with Gasteiger partial charge < -0.3 is 30.8 Å². The highest BCUT2D eigenvalue weighted by Crippen LogP contribution is 2.37. The molecule has 2 amide bonds. The average molecular weight is 515 g/mol. The summed E-state index contributed by atoms with van der Waals surface area (Å²) in [5, 5.41) is 6.67. The second-order valence-corrected chi connectivity index (χ2v) is 9.25. The van der Waals surface area contributed by atoms with Crippen molar-refractivity contribution in [1.82, 2.24) is 20.3 Å². The molecule has 2 heterocycles. The number of aromatic nitrogens is 3. The molecular formula is C28H30N6O4. The van der Waals surface area contributed by atoms with Crippen LogP contribution in [0, 0.1) is 0 Å². The van der Waals surface area contributed by atoms with Gasteiger partial charge in [-0.25, -0.2) is 0 Å². The number of H-pyrrole nitrogens is 1. The number of carbonyl (C=O) groups excluding carboxylic acids is 2. The molecule has 2 aromatic heterocycles. The Hall–Kier alpha value is -4.44. The molecule has 5 N–H and O–H groups in total. The van der Waals surface area contributed by atoms with Gasteiger partial charge in [-0.05, 0) is 61.6 Å². The van der Waals surface area contributed by atoms with Crippen molar-refractivity contribution in [3.8, 4) is 17.0 Å². The van der Waals surface area contributed by atoms with Crippen molar-refractivity contribution >= 4 is 34.5 Å². The Morgan fingerprint density at radius 2 is 1.82 bits per heavy atom. The maximum Gasteiger partial charge on any atom is 0.251 e. The molecule has 4 aromatic rings. The van der Waals surface area contributed by atoms with Gasteiger partial charge in [-0.1, -0.05) is 12.1 Å². The van der Waals surface area contributed by atoms with Crippen LogP contribution >= 0.6 is 0 Å². The molecule has 0 atom stereocenters. The number of rotatable bonds is 9. The Balaban J connectivity index is 1.55. The molecule has 196 valence electrons. The van der Waals surface area contributed by atoms with Crippen molar-refractivity contribution in [1.29, 1.82) is 0 Å². The summed E-state index contributed by atoms with van der Waals surface area (Å²) < 4.78 is 11.8. The predicted molar refractivity (Wildman–Crippen MR) is 145 cm³/mol. The highest BCUT2D eigenvalue weighted by molar-refractivity contribution is 5.99. The predicted octanol–water partition coefficient (Wildman–Crippen LogP) is 4.29. The third kappa shape index (κ3) is 5.16. The van der Waals surface area contributed by atoms with Crippen LogP contribution in [0.1, 0.15) is 52.0 Å². The fourth-order valence-corrected chi connectivity index (χ4v) is 4.74. The summed E-state index contributed by atoms with van der Waals surface area (Å²) in [6.07, 6.45) is 6.15. The van der Waals surface area contributed by atoms with E-state index in [0.717, 1.165) is 47.8 Å². The summed E-state index contributed by atoms with van der Waals surface area (Å²) in [5.74, 6) is 0.175. The third-order valence-electron chi connectivity index (χ3n) is 6.70. The average Bonchev–Trinajstić information content (AvgIpc) is 3.59. The van der Waals surface area contributed by atoms with Crippen LogP contribution in [0.3, 0.4) is 0 Å². The largest absolute Gasteiger partial charge is 0.474 e. The van der Waals surface area contributed by atoms with E-state index < -0.39 is 5.91 Å². The molecule has 2 aromatic carbocycles. The minimum absolute atomic E-state index is 0.0817. The smallest absolute Gasteiger partial charge is 0.251 e. The van der Waals surface area contributed by atoms with Gasteiger partial charge in [0.05, 0.1) is 12.0 Å². The Morgan fingerprint density at radius 3 is 2.50 bits per heavy atom. The molecule has 0 radical (unpaired) electrons. The number of nitrogens with one attached hydrogen (secondary N) is 3. The quantitative estimate of drug-likeness (QED) is 0.261. The summed E-state index contributed by atoms with van der Waals surface area (Å²) in [6.45, 7) is 0.274. The number of methoxy groups -OCH3 is 1. The molecule has 10 nitrogen and oxygen atoms in total. The zero-order valence-corrected chi connectivity index (χ0v) is 21.3. The van der Waals surface area contributed by atoms with E-state index in [1.165, 1.54) is 0 Å². The molecular weight excluding hydrogens is 484 g/mol. The van der Waals surface area contributed by atoms with Crippen LogP contribution in [-0.2, 0) is 11.3 Å². The molecule has 1 aliphatic rings. The van der Waals surface area contributed by atoms with Gasteiger partial charge in [0.1, 0.15) is 11.8 Å². The number of carbonyl (C=O) groups is 2. The maximum atomic E-state index is 12.0. The van der Waals surface area contributed by atoms with Crippen molar-refractivity contribution < 1.29 is 19.1 Å². The summed E-state index contributed by atoms with van der Waals surface area (Å²) in [5.41, 5.74) is 10.3. The number of amides is 2. The van der Waals surface area contributed by atoms with Crippen molar-refractivity contribution in [3.63, 3.8) is 0 Å². The Kier molecular flexibility index (Phi) is 7.23. The summed E-state index contributed by atoms with van der Waals surface area (Å²) in [4.78, 5) is 36.4. The lowest BCUT2D eigenvalue weighted by Crippen LogP contribution is -2.17. The minimum atomic E-state index is -0.513. The van der Waals surface area contributed by atoms with Gasteiger partial charge in [-0.15, -0.1) is 0 Å². The molecule has 0 aliphatic heterocycles. The third-order valence-corrected chi connectivity index (χ3v) is 6.70. The molecule has 1 aliphatic carbocycles. The molecule has 1 saturated carbocycles. The Bertz CT molecular complexity index is 1470. The fourth-order valence-electron chi connectivity index (χ4n) is 4.74. The molecule has 5 rings (SSSR count). The highest BCUT2D eigenvalue weighted by Gasteiger charge is 2.23. The molecule has 0 unspecified atom stereocenters. The van der Waals surface area contributed by atoms with Crippen LogP contribution in [-0.4, -0.2) is 47.0 Å². The number of anilines is 2. The number of nitrogens with two attached hydrogens (primary N) is 1. The van der Waals surface area contributed by atoms with E-state index in [4.69, 9.17) is 25.2 Å². The molecule has 1 fully saturated rings. The Morgan fingerprint density at radius 1 is 1.08 bits per heavy atom. The van der Waals surface area contributed by atoms with E-state index in [2.05, 4.69) is 15.6 Å². The van der Waals surface area contributed by atoms with Crippen LogP contribution in [0.4, 0.5) is 11.6 Å². The van der Waals surface area contributed by atoms with Gasteiger partial charge in [0.15, 0.2) is 0 Å². The molecule has 10 heteroatoms. The van der Waals surface area contributed by atoms with E-state index in [-0.39, 0.29) is 18.6 Å².